The normalized spacial score (nSPS) is 24.0. The molecule has 1 nitrogen and oxygen atoms in total. The second-order valence-electron chi connectivity index (χ2n) is 6.18. The predicted octanol–water partition coefficient (Wildman–Crippen LogP) is 6.00. The molecule has 1 aromatic rings. The van der Waals surface area contributed by atoms with Gasteiger partial charge in [-0.3, -0.25) is 0 Å². The van der Waals surface area contributed by atoms with Gasteiger partial charge in [0, 0.05) is 16.6 Å². The van der Waals surface area contributed by atoms with Crippen LogP contribution in [0.4, 0.5) is 4.39 Å². The molecule has 1 N–H and O–H groups in total. The molecule has 0 spiro atoms. The largest absolute Gasteiger partial charge is 0.310 e. The van der Waals surface area contributed by atoms with Gasteiger partial charge in [0.05, 0.1) is 5.02 Å². The first-order valence-electron chi connectivity index (χ1n) is 7.89. The lowest BCUT2D eigenvalue weighted by atomic mass is 9.81. The van der Waals surface area contributed by atoms with Crippen LogP contribution in [0, 0.1) is 17.7 Å². The van der Waals surface area contributed by atoms with Gasteiger partial charge in [0.15, 0.2) is 0 Å². The number of benzene rings is 1. The summed E-state index contributed by atoms with van der Waals surface area (Å²) in [5.41, 5.74) is 0.667. The Balaban J connectivity index is 1.91. The van der Waals surface area contributed by atoms with Gasteiger partial charge in [-0.1, -0.05) is 49.4 Å². The maximum absolute atomic E-state index is 13.6. The zero-order valence-electron chi connectivity index (χ0n) is 12.8. The highest BCUT2D eigenvalue weighted by atomic mass is 35.5. The first-order chi connectivity index (χ1) is 10.0. The zero-order valence-corrected chi connectivity index (χ0v) is 14.3. The molecule has 1 unspecified atom stereocenters. The van der Waals surface area contributed by atoms with Crippen LogP contribution in [-0.4, -0.2) is 6.54 Å². The van der Waals surface area contributed by atoms with Crippen LogP contribution < -0.4 is 5.32 Å². The summed E-state index contributed by atoms with van der Waals surface area (Å²) < 4.78 is 13.6. The summed E-state index contributed by atoms with van der Waals surface area (Å²) >= 11 is 12.2. The van der Waals surface area contributed by atoms with E-state index in [1.165, 1.54) is 38.2 Å². The van der Waals surface area contributed by atoms with E-state index in [1.807, 2.05) is 6.92 Å². The smallest absolute Gasteiger partial charge is 0.142 e. The molecule has 0 aromatic heterocycles. The van der Waals surface area contributed by atoms with Crippen molar-refractivity contribution in [1.29, 1.82) is 0 Å². The highest BCUT2D eigenvalue weighted by molar-refractivity contribution is 6.36. The topological polar surface area (TPSA) is 12.0 Å². The minimum absolute atomic E-state index is 0.0374. The van der Waals surface area contributed by atoms with Crippen LogP contribution in [0.1, 0.15) is 57.6 Å². The summed E-state index contributed by atoms with van der Waals surface area (Å²) in [6.45, 7) is 5.21. The van der Waals surface area contributed by atoms with Crippen molar-refractivity contribution in [2.75, 3.05) is 6.54 Å². The summed E-state index contributed by atoms with van der Waals surface area (Å²) in [5.74, 6) is 1.21. The van der Waals surface area contributed by atoms with Crippen LogP contribution in [-0.2, 0) is 0 Å². The summed E-state index contributed by atoms with van der Waals surface area (Å²) in [7, 11) is 0. The van der Waals surface area contributed by atoms with Crippen LogP contribution in [0.15, 0.2) is 12.1 Å². The van der Waals surface area contributed by atoms with Crippen LogP contribution in [0.3, 0.4) is 0 Å². The lowest BCUT2D eigenvalue weighted by Gasteiger charge is -2.29. The van der Waals surface area contributed by atoms with Gasteiger partial charge in [-0.05, 0) is 50.3 Å². The Morgan fingerprint density at radius 2 is 1.81 bits per heavy atom. The zero-order chi connectivity index (χ0) is 15.4. The van der Waals surface area contributed by atoms with Crippen molar-refractivity contribution in [3.8, 4) is 0 Å². The highest BCUT2D eigenvalue weighted by Crippen LogP contribution is 2.34. The fourth-order valence-electron chi connectivity index (χ4n) is 3.23. The standard InChI is InChI=1S/C17H24Cl2FN/c1-3-12-4-6-13(7-5-12)10-21-11(2)16-14(18)8-9-15(20)17(16)19/h8-9,11-13,21H,3-7,10H2,1-2H3. The Bertz CT molecular complexity index is 470. The van der Waals surface area contributed by atoms with E-state index in [0.717, 1.165) is 12.5 Å². The molecule has 1 aromatic carbocycles. The molecule has 1 fully saturated rings. The predicted molar refractivity (Wildman–Crippen MR) is 88.6 cm³/mol. The molecule has 0 heterocycles. The molecule has 1 saturated carbocycles. The van der Waals surface area contributed by atoms with E-state index in [4.69, 9.17) is 23.2 Å². The maximum Gasteiger partial charge on any atom is 0.142 e. The fraction of sp³-hybridized carbons (Fsp3) is 0.647. The Kier molecular flexibility index (Phi) is 6.34. The molecule has 0 aliphatic heterocycles. The Morgan fingerprint density at radius 1 is 1.19 bits per heavy atom. The lowest BCUT2D eigenvalue weighted by molar-refractivity contribution is 0.258. The SMILES string of the molecule is CCC1CCC(CNC(C)c2c(Cl)ccc(F)c2Cl)CC1. The maximum atomic E-state index is 13.6. The molecule has 1 atom stereocenters. The molecule has 4 heteroatoms. The van der Waals surface area contributed by atoms with Gasteiger partial charge < -0.3 is 5.32 Å². The monoisotopic (exact) mass is 331 g/mol. The van der Waals surface area contributed by atoms with E-state index in [0.29, 0.717) is 16.5 Å². The third kappa shape index (κ3) is 4.34. The molecule has 1 aliphatic rings. The van der Waals surface area contributed by atoms with Crippen molar-refractivity contribution in [2.24, 2.45) is 11.8 Å². The molecular weight excluding hydrogens is 308 g/mol. The van der Waals surface area contributed by atoms with Crippen LogP contribution in [0.25, 0.3) is 0 Å². The van der Waals surface area contributed by atoms with Crippen molar-refractivity contribution in [3.05, 3.63) is 33.6 Å². The molecule has 0 radical (unpaired) electrons. The van der Waals surface area contributed by atoms with Gasteiger partial charge in [0.1, 0.15) is 5.82 Å². The second-order valence-corrected chi connectivity index (χ2v) is 6.97. The van der Waals surface area contributed by atoms with Crippen molar-refractivity contribution in [1.82, 2.24) is 5.32 Å². The second kappa shape index (κ2) is 7.80. The Morgan fingerprint density at radius 3 is 2.43 bits per heavy atom. The first kappa shape index (κ1) is 17.1. The van der Waals surface area contributed by atoms with Gasteiger partial charge in [-0.2, -0.15) is 0 Å². The fourth-order valence-corrected chi connectivity index (χ4v) is 3.93. The van der Waals surface area contributed by atoms with Crippen molar-refractivity contribution >= 4 is 23.2 Å². The molecule has 21 heavy (non-hydrogen) atoms. The molecule has 118 valence electrons. The summed E-state index contributed by atoms with van der Waals surface area (Å²) in [6.07, 6.45) is 6.52. The van der Waals surface area contributed by atoms with Crippen molar-refractivity contribution < 1.29 is 4.39 Å². The Labute approximate surface area is 137 Å². The molecule has 1 aliphatic carbocycles. The number of hydrogen-bond donors (Lipinski definition) is 1. The number of hydrogen-bond acceptors (Lipinski definition) is 1. The third-order valence-corrected chi connectivity index (χ3v) is 5.48. The van der Waals surface area contributed by atoms with Crippen LogP contribution in [0.5, 0.6) is 0 Å². The Hall–Kier alpha value is -0.310. The van der Waals surface area contributed by atoms with E-state index in [-0.39, 0.29) is 11.1 Å². The van der Waals surface area contributed by atoms with Crippen LogP contribution in [0.2, 0.25) is 10.0 Å². The van der Waals surface area contributed by atoms with E-state index in [2.05, 4.69) is 12.2 Å². The summed E-state index contributed by atoms with van der Waals surface area (Å²) in [4.78, 5) is 0. The number of rotatable bonds is 5. The number of nitrogens with one attached hydrogen (secondary N) is 1. The first-order valence-corrected chi connectivity index (χ1v) is 8.65. The van der Waals surface area contributed by atoms with E-state index in [1.54, 1.807) is 6.07 Å². The minimum atomic E-state index is -0.409. The molecule has 0 saturated heterocycles. The minimum Gasteiger partial charge on any atom is -0.310 e. The van der Waals surface area contributed by atoms with Gasteiger partial charge in [0.25, 0.3) is 0 Å². The van der Waals surface area contributed by atoms with E-state index >= 15 is 0 Å². The summed E-state index contributed by atoms with van der Waals surface area (Å²) in [5, 5.41) is 4.14. The van der Waals surface area contributed by atoms with Gasteiger partial charge in [-0.15, -0.1) is 0 Å². The highest BCUT2D eigenvalue weighted by Gasteiger charge is 2.22. The quantitative estimate of drug-likeness (QED) is 0.652. The van der Waals surface area contributed by atoms with Crippen molar-refractivity contribution in [2.45, 2.75) is 52.0 Å². The van der Waals surface area contributed by atoms with E-state index < -0.39 is 5.82 Å². The third-order valence-electron chi connectivity index (χ3n) is 4.77. The molecule has 0 bridgehead atoms. The summed E-state index contributed by atoms with van der Waals surface area (Å²) in [6, 6.07) is 2.85. The van der Waals surface area contributed by atoms with E-state index in [9.17, 15) is 4.39 Å². The van der Waals surface area contributed by atoms with Gasteiger partial charge in [-0.25, -0.2) is 4.39 Å². The van der Waals surface area contributed by atoms with Crippen molar-refractivity contribution in [3.63, 3.8) is 0 Å². The van der Waals surface area contributed by atoms with Gasteiger partial charge >= 0.3 is 0 Å². The lowest BCUT2D eigenvalue weighted by Crippen LogP contribution is -2.28. The molecular formula is C17H24Cl2FN. The molecule has 0 amide bonds. The molecule has 2 rings (SSSR count). The number of halogens is 3. The van der Waals surface area contributed by atoms with Gasteiger partial charge in [0.2, 0.25) is 0 Å². The average Bonchev–Trinajstić information content (AvgIpc) is 2.50. The van der Waals surface area contributed by atoms with Crippen LogP contribution >= 0.6 is 23.2 Å². The average molecular weight is 332 g/mol.